The lowest BCUT2D eigenvalue weighted by molar-refractivity contribution is 1.18. The molecule has 0 unspecified atom stereocenters. The average Bonchev–Trinajstić information content (AvgIpc) is 4.04. The van der Waals surface area contributed by atoms with Crippen molar-refractivity contribution in [1.82, 2.24) is 9.13 Å². The Morgan fingerprint density at radius 1 is 0.277 bits per heavy atom. The summed E-state index contributed by atoms with van der Waals surface area (Å²) in [6.07, 6.45) is 1.10. The molecule has 4 heteroatoms. The topological polar surface area (TPSA) is 9.86 Å². The zero-order chi connectivity index (χ0) is 42.5. The van der Waals surface area contributed by atoms with Crippen molar-refractivity contribution in [3.8, 4) is 22.5 Å². The number of fused-ring (bicyclic) bond motifs is 9. The van der Waals surface area contributed by atoms with Crippen molar-refractivity contribution in [3.05, 3.63) is 266 Å². The van der Waals surface area contributed by atoms with Gasteiger partial charge < -0.3 is 9.13 Å². The normalized spacial score (nSPS) is 11.8. The number of para-hydroxylation sites is 4. The third kappa shape index (κ3) is 6.56. The Bertz CT molecular complexity index is 3490. The monoisotopic (exact) mass is 843 g/mol. The second-order valence-electron chi connectivity index (χ2n) is 16.8. The first-order valence-electron chi connectivity index (χ1n) is 22.2. The van der Waals surface area contributed by atoms with Gasteiger partial charge in [0.05, 0.1) is 22.1 Å². The maximum absolute atomic E-state index is 2.81. The van der Waals surface area contributed by atoms with E-state index in [1.165, 1.54) is 98.0 Å². The predicted octanol–water partition coefficient (Wildman–Crippen LogP) is 12.1. The molecule has 2 nitrogen and oxygen atoms in total. The smallest absolute Gasteiger partial charge is 0.179 e. The summed E-state index contributed by atoms with van der Waals surface area (Å²) in [6.45, 7) is 0. The molecule has 0 bridgehead atoms. The molecule has 305 valence electrons. The molecular formula is C61H44BN2Si. The summed E-state index contributed by atoms with van der Waals surface area (Å²) in [5.41, 5.74) is 13.0. The highest BCUT2D eigenvalue weighted by Crippen LogP contribution is 2.36. The molecular weight excluding hydrogens is 800 g/mol. The van der Waals surface area contributed by atoms with E-state index in [9.17, 15) is 0 Å². The Kier molecular flexibility index (Phi) is 10.2. The average molecular weight is 844 g/mol. The van der Waals surface area contributed by atoms with E-state index in [-0.39, 0.29) is 8.41 Å². The second-order valence-corrected chi connectivity index (χ2v) is 20.6. The minimum absolute atomic E-state index is 0. The van der Waals surface area contributed by atoms with E-state index in [2.05, 4.69) is 264 Å². The van der Waals surface area contributed by atoms with Gasteiger partial charge in [-0.05, 0) is 98.0 Å². The van der Waals surface area contributed by atoms with Crippen molar-refractivity contribution in [1.29, 1.82) is 0 Å². The van der Waals surface area contributed by atoms with E-state index in [0.717, 1.165) is 6.42 Å². The van der Waals surface area contributed by atoms with Gasteiger partial charge >= 0.3 is 0 Å². The van der Waals surface area contributed by atoms with Crippen LogP contribution in [0.3, 0.4) is 0 Å². The summed E-state index contributed by atoms with van der Waals surface area (Å²) in [5, 5.41) is 10.6. The van der Waals surface area contributed by atoms with E-state index in [4.69, 9.17) is 0 Å². The molecule has 10 aromatic carbocycles. The number of hydrogen-bond donors (Lipinski definition) is 0. The minimum Gasteiger partial charge on any atom is -0.309 e. The maximum Gasteiger partial charge on any atom is 0.179 e. The van der Waals surface area contributed by atoms with Crippen molar-refractivity contribution < 1.29 is 0 Å². The number of benzene rings is 10. The van der Waals surface area contributed by atoms with Crippen LogP contribution in [0.25, 0.3) is 66.1 Å². The van der Waals surface area contributed by atoms with Gasteiger partial charge in [-0.1, -0.05) is 206 Å². The highest BCUT2D eigenvalue weighted by molar-refractivity contribution is 7.20. The molecule has 0 aliphatic heterocycles. The van der Waals surface area contributed by atoms with Crippen LogP contribution in [0.1, 0.15) is 11.1 Å². The molecule has 13 rings (SSSR count). The molecule has 0 atom stereocenters. The summed E-state index contributed by atoms with van der Waals surface area (Å²) in [4.78, 5) is 0. The van der Waals surface area contributed by atoms with Crippen LogP contribution in [0.5, 0.6) is 0 Å². The minimum atomic E-state index is -2.81. The van der Waals surface area contributed by atoms with Crippen LogP contribution in [0.2, 0.25) is 0 Å². The van der Waals surface area contributed by atoms with E-state index >= 15 is 0 Å². The molecule has 0 spiro atoms. The van der Waals surface area contributed by atoms with E-state index in [1.807, 2.05) is 0 Å². The molecule has 1 aliphatic carbocycles. The van der Waals surface area contributed by atoms with E-state index < -0.39 is 8.07 Å². The van der Waals surface area contributed by atoms with Gasteiger partial charge in [0, 0.05) is 41.3 Å². The number of rotatable bonds is 6. The molecule has 0 saturated heterocycles. The Labute approximate surface area is 382 Å². The Morgan fingerprint density at radius 2 is 0.631 bits per heavy atom. The molecule has 65 heavy (non-hydrogen) atoms. The van der Waals surface area contributed by atoms with Crippen molar-refractivity contribution in [2.24, 2.45) is 0 Å². The fourth-order valence-electron chi connectivity index (χ4n) is 10.6. The van der Waals surface area contributed by atoms with Gasteiger partial charge in [0.15, 0.2) is 8.07 Å². The van der Waals surface area contributed by atoms with Crippen LogP contribution >= 0.6 is 0 Å². The van der Waals surface area contributed by atoms with Crippen molar-refractivity contribution in [2.45, 2.75) is 6.42 Å². The van der Waals surface area contributed by atoms with Gasteiger partial charge in [-0.25, -0.2) is 0 Å². The summed E-state index contributed by atoms with van der Waals surface area (Å²) in [7, 11) is -2.81. The molecule has 12 aromatic rings. The second kappa shape index (κ2) is 16.7. The number of aromatic nitrogens is 2. The molecule has 3 radical (unpaired) electrons. The first-order valence-corrected chi connectivity index (χ1v) is 24.2. The number of nitrogens with zero attached hydrogens (tertiary/aromatic N) is 2. The van der Waals surface area contributed by atoms with Gasteiger partial charge in [-0.15, -0.1) is 0 Å². The largest absolute Gasteiger partial charge is 0.309 e. The van der Waals surface area contributed by atoms with Crippen LogP contribution in [0, 0.1) is 0 Å². The van der Waals surface area contributed by atoms with Crippen molar-refractivity contribution >= 4 is 80.8 Å². The fraction of sp³-hybridized carbons (Fsp3) is 0.0164. The molecule has 0 fully saturated rings. The Balaban J connectivity index is 0.000000286. The Hall–Kier alpha value is -7.92. The zero-order valence-electron chi connectivity index (χ0n) is 35.9. The van der Waals surface area contributed by atoms with Crippen LogP contribution in [0.4, 0.5) is 0 Å². The van der Waals surface area contributed by atoms with Crippen molar-refractivity contribution in [3.63, 3.8) is 0 Å². The highest BCUT2D eigenvalue weighted by Gasteiger charge is 2.41. The van der Waals surface area contributed by atoms with Gasteiger partial charge in [-0.3, -0.25) is 0 Å². The quantitative estimate of drug-likeness (QED) is 0.117. The van der Waals surface area contributed by atoms with Gasteiger partial charge in [0.2, 0.25) is 0 Å². The van der Waals surface area contributed by atoms with E-state index in [1.54, 1.807) is 0 Å². The van der Waals surface area contributed by atoms with Crippen LogP contribution < -0.4 is 20.7 Å². The van der Waals surface area contributed by atoms with Crippen molar-refractivity contribution in [2.75, 3.05) is 0 Å². The first kappa shape index (κ1) is 39.9. The van der Waals surface area contributed by atoms with Gasteiger partial charge in [0.1, 0.15) is 0 Å². The fourth-order valence-corrected chi connectivity index (χ4v) is 15.3. The lowest BCUT2D eigenvalue weighted by atomic mass is 10.1. The molecule has 0 amide bonds. The third-order valence-electron chi connectivity index (χ3n) is 13.4. The zero-order valence-corrected chi connectivity index (χ0v) is 36.9. The molecule has 2 aromatic heterocycles. The van der Waals surface area contributed by atoms with Crippen LogP contribution in [-0.4, -0.2) is 25.6 Å². The molecule has 0 N–H and O–H groups in total. The van der Waals surface area contributed by atoms with Crippen LogP contribution in [-0.2, 0) is 6.42 Å². The summed E-state index contributed by atoms with van der Waals surface area (Å²) < 4.78 is 4.82. The third-order valence-corrected chi connectivity index (χ3v) is 18.2. The van der Waals surface area contributed by atoms with Gasteiger partial charge in [0.25, 0.3) is 0 Å². The highest BCUT2D eigenvalue weighted by atomic mass is 28.3. The SMILES string of the molecule is [B].c1ccc(-n2c3ccccc3c3cc([Si](c4ccccc4)(c4ccccc4)c4ccc(-n5c6ccccc6c6ccccc65)cc4)ccc32)cc1.c1ccc2c(c1)Cc1ccccc1-2. The maximum atomic E-state index is 2.50. The summed E-state index contributed by atoms with van der Waals surface area (Å²) >= 11 is 0. The molecule has 2 heterocycles. The predicted molar refractivity (Wildman–Crippen MR) is 279 cm³/mol. The lowest BCUT2D eigenvalue weighted by Gasteiger charge is -2.34. The standard InChI is InChI=1S/C48H34N2Si.C13H10.B/c1-4-16-35(17-5-1)49-47-27-15-12-24-43(47)44-34-40(32-33-48(44)49)51(37-18-6-2-7-19-37,38-20-8-3-9-21-38)39-30-28-36(29-31-39)50-45-25-13-10-22-41(45)42-23-11-14-26-46(42)50;1-3-7-12-10(5-1)9-11-6-2-4-8-13(11)12;/h1-34H;1-8H,9H2;. The molecule has 1 aliphatic rings. The lowest BCUT2D eigenvalue weighted by Crippen LogP contribution is -2.74. The summed E-state index contributed by atoms with van der Waals surface area (Å²) in [5.74, 6) is 0. The van der Waals surface area contributed by atoms with Gasteiger partial charge in [-0.2, -0.15) is 0 Å². The summed E-state index contributed by atoms with van der Waals surface area (Å²) in [6, 6.07) is 93.5. The van der Waals surface area contributed by atoms with E-state index in [0.29, 0.717) is 0 Å². The molecule has 0 saturated carbocycles. The first-order chi connectivity index (χ1) is 31.8. The van der Waals surface area contributed by atoms with Crippen LogP contribution in [0.15, 0.2) is 255 Å². The number of hydrogen-bond acceptors (Lipinski definition) is 0. The Morgan fingerprint density at radius 3 is 1.14 bits per heavy atom.